The van der Waals surface area contributed by atoms with Crippen LogP contribution in [0.15, 0.2) is 29.2 Å². The molecule has 1 atom stereocenters. The van der Waals surface area contributed by atoms with Gasteiger partial charge >= 0.3 is 0 Å². The normalized spacial score (nSPS) is 17.4. The summed E-state index contributed by atoms with van der Waals surface area (Å²) in [4.78, 5) is 0.322. The molecule has 1 saturated carbocycles. The summed E-state index contributed by atoms with van der Waals surface area (Å²) >= 11 is 6.28. The van der Waals surface area contributed by atoms with Crippen molar-refractivity contribution in [3.05, 3.63) is 29.8 Å². The Hall–Kier alpha value is -0.580. The molecule has 1 N–H and O–H groups in total. The molecule has 0 bridgehead atoms. The number of benzene rings is 1. The third-order valence-corrected chi connectivity index (χ3v) is 5.33. The Balaban J connectivity index is 2.01. The first-order valence-corrected chi connectivity index (χ1v) is 8.67. The smallest absolute Gasteiger partial charge is 0.211 e. The number of alkyl halides is 1. The van der Waals surface area contributed by atoms with Gasteiger partial charge in [0.15, 0.2) is 0 Å². The lowest BCUT2D eigenvalue weighted by molar-refractivity contribution is 0.580. The van der Waals surface area contributed by atoms with E-state index in [1.54, 1.807) is 12.1 Å². The van der Waals surface area contributed by atoms with E-state index in [4.69, 9.17) is 11.6 Å². The maximum Gasteiger partial charge on any atom is 0.240 e. The lowest BCUT2D eigenvalue weighted by atomic mass is 10.1. The van der Waals surface area contributed by atoms with Gasteiger partial charge in [-0.05, 0) is 49.3 Å². The maximum absolute atomic E-state index is 11.9. The van der Waals surface area contributed by atoms with E-state index < -0.39 is 10.0 Å². The van der Waals surface area contributed by atoms with Gasteiger partial charge in [0.05, 0.1) is 4.90 Å². The van der Waals surface area contributed by atoms with Gasteiger partial charge in [-0.25, -0.2) is 13.1 Å². The molecule has 0 saturated heterocycles. The van der Waals surface area contributed by atoms with E-state index in [-0.39, 0.29) is 5.38 Å². The fraction of sp³-hybridized carbons (Fsp3) is 0.571. The second-order valence-electron chi connectivity index (χ2n) is 5.10. The van der Waals surface area contributed by atoms with Crippen molar-refractivity contribution in [2.75, 3.05) is 6.54 Å². The van der Waals surface area contributed by atoms with Gasteiger partial charge in [0.1, 0.15) is 0 Å². The highest BCUT2D eigenvalue weighted by molar-refractivity contribution is 7.89. The molecule has 106 valence electrons. The molecule has 1 aliphatic carbocycles. The summed E-state index contributed by atoms with van der Waals surface area (Å²) in [6, 6.07) is 7.03. The molecule has 1 aromatic carbocycles. The Morgan fingerprint density at radius 3 is 2.47 bits per heavy atom. The predicted octanol–water partition coefficient (Wildman–Crippen LogP) is 2.93. The SMILES string of the molecule is CCCNS(=O)(=O)c1ccc(CC(Cl)C2CC2)cc1. The summed E-state index contributed by atoms with van der Waals surface area (Å²) in [6.45, 7) is 2.40. The van der Waals surface area contributed by atoms with Crippen molar-refractivity contribution in [3.63, 3.8) is 0 Å². The molecule has 19 heavy (non-hydrogen) atoms. The molecule has 1 aliphatic rings. The third kappa shape index (κ3) is 4.20. The first-order valence-electron chi connectivity index (χ1n) is 6.75. The van der Waals surface area contributed by atoms with Crippen LogP contribution in [0.25, 0.3) is 0 Å². The van der Waals surface area contributed by atoms with E-state index in [9.17, 15) is 8.42 Å². The average Bonchev–Trinajstić information content (AvgIpc) is 3.21. The van der Waals surface area contributed by atoms with Crippen LogP contribution in [0.1, 0.15) is 31.7 Å². The molecule has 0 aliphatic heterocycles. The molecule has 1 aromatic rings. The second-order valence-corrected chi connectivity index (χ2v) is 7.43. The second kappa shape index (κ2) is 6.25. The monoisotopic (exact) mass is 301 g/mol. The summed E-state index contributed by atoms with van der Waals surface area (Å²) < 4.78 is 26.4. The van der Waals surface area contributed by atoms with Gasteiger partial charge in [-0.3, -0.25) is 0 Å². The number of rotatable bonds is 7. The minimum atomic E-state index is -3.35. The van der Waals surface area contributed by atoms with E-state index in [0.717, 1.165) is 18.4 Å². The molecule has 1 unspecified atom stereocenters. The number of hydrogen-bond acceptors (Lipinski definition) is 2. The highest BCUT2D eigenvalue weighted by atomic mass is 35.5. The number of halogens is 1. The molecule has 0 heterocycles. The van der Waals surface area contributed by atoms with Crippen molar-refractivity contribution < 1.29 is 8.42 Å². The van der Waals surface area contributed by atoms with Gasteiger partial charge in [0.25, 0.3) is 0 Å². The molecular weight excluding hydrogens is 282 g/mol. The van der Waals surface area contributed by atoms with Crippen LogP contribution >= 0.6 is 11.6 Å². The van der Waals surface area contributed by atoms with Crippen molar-refractivity contribution in [2.45, 2.75) is 42.9 Å². The van der Waals surface area contributed by atoms with Gasteiger partial charge in [0, 0.05) is 11.9 Å². The lowest BCUT2D eigenvalue weighted by Gasteiger charge is -2.09. The van der Waals surface area contributed by atoms with Crippen LogP contribution in [0.5, 0.6) is 0 Å². The Kier molecular flexibility index (Phi) is 4.87. The lowest BCUT2D eigenvalue weighted by Crippen LogP contribution is -2.24. The summed E-state index contributed by atoms with van der Waals surface area (Å²) in [5.41, 5.74) is 1.10. The van der Waals surface area contributed by atoms with Crippen LogP contribution in [0, 0.1) is 5.92 Å². The molecular formula is C14H20ClNO2S. The minimum Gasteiger partial charge on any atom is -0.211 e. The van der Waals surface area contributed by atoms with Crippen molar-refractivity contribution in [1.29, 1.82) is 0 Å². The Bertz CT molecular complexity index is 509. The van der Waals surface area contributed by atoms with Crippen LogP contribution in [0.2, 0.25) is 0 Å². The molecule has 0 aromatic heterocycles. The quantitative estimate of drug-likeness (QED) is 0.787. The van der Waals surface area contributed by atoms with Gasteiger partial charge < -0.3 is 0 Å². The molecule has 3 nitrogen and oxygen atoms in total. The molecule has 0 spiro atoms. The van der Waals surface area contributed by atoms with E-state index in [2.05, 4.69) is 4.72 Å². The number of nitrogens with one attached hydrogen (secondary N) is 1. The largest absolute Gasteiger partial charge is 0.240 e. The summed E-state index contributed by atoms with van der Waals surface area (Å²) in [5.74, 6) is 0.649. The zero-order valence-corrected chi connectivity index (χ0v) is 12.7. The van der Waals surface area contributed by atoms with E-state index in [0.29, 0.717) is 17.4 Å². The van der Waals surface area contributed by atoms with E-state index in [1.165, 1.54) is 12.8 Å². The van der Waals surface area contributed by atoms with Gasteiger partial charge in [0.2, 0.25) is 10.0 Å². The van der Waals surface area contributed by atoms with E-state index >= 15 is 0 Å². The van der Waals surface area contributed by atoms with Crippen LogP contribution in [0.3, 0.4) is 0 Å². The average molecular weight is 302 g/mol. The standard InChI is InChI=1S/C14H20ClNO2S/c1-2-9-16-19(17,18)13-7-3-11(4-8-13)10-14(15)12-5-6-12/h3-4,7-8,12,14,16H,2,5-6,9-10H2,1H3. The maximum atomic E-state index is 11.9. The van der Waals surface area contributed by atoms with Crippen LogP contribution in [-0.2, 0) is 16.4 Å². The van der Waals surface area contributed by atoms with Crippen LogP contribution in [-0.4, -0.2) is 20.3 Å². The zero-order valence-electron chi connectivity index (χ0n) is 11.1. The zero-order chi connectivity index (χ0) is 13.9. The first-order chi connectivity index (χ1) is 9.03. The molecule has 0 amide bonds. The summed E-state index contributed by atoms with van der Waals surface area (Å²) in [6.07, 6.45) is 4.05. The summed E-state index contributed by atoms with van der Waals surface area (Å²) in [7, 11) is -3.35. The number of hydrogen-bond donors (Lipinski definition) is 1. The van der Waals surface area contributed by atoms with E-state index in [1.807, 2.05) is 19.1 Å². The van der Waals surface area contributed by atoms with Crippen LogP contribution in [0.4, 0.5) is 0 Å². The molecule has 5 heteroatoms. The Morgan fingerprint density at radius 2 is 1.95 bits per heavy atom. The van der Waals surface area contributed by atoms with Gasteiger partial charge in [-0.2, -0.15) is 0 Å². The summed E-state index contributed by atoms with van der Waals surface area (Å²) in [5, 5.41) is 0.181. The first kappa shape index (κ1) is 14.8. The van der Waals surface area contributed by atoms with Gasteiger partial charge in [-0.1, -0.05) is 19.1 Å². The highest BCUT2D eigenvalue weighted by Gasteiger charge is 2.29. The fourth-order valence-electron chi connectivity index (χ4n) is 1.97. The Morgan fingerprint density at radius 1 is 1.32 bits per heavy atom. The van der Waals surface area contributed by atoms with Crippen molar-refractivity contribution in [3.8, 4) is 0 Å². The fourth-order valence-corrected chi connectivity index (χ4v) is 3.54. The molecule has 2 rings (SSSR count). The predicted molar refractivity (Wildman–Crippen MR) is 78.0 cm³/mol. The molecule has 0 radical (unpaired) electrons. The van der Waals surface area contributed by atoms with Crippen molar-refractivity contribution in [2.24, 2.45) is 5.92 Å². The van der Waals surface area contributed by atoms with Crippen molar-refractivity contribution >= 4 is 21.6 Å². The third-order valence-electron chi connectivity index (χ3n) is 3.34. The molecule has 1 fully saturated rings. The van der Waals surface area contributed by atoms with Crippen LogP contribution < -0.4 is 4.72 Å². The van der Waals surface area contributed by atoms with Gasteiger partial charge in [-0.15, -0.1) is 11.6 Å². The number of sulfonamides is 1. The highest BCUT2D eigenvalue weighted by Crippen LogP contribution is 2.37. The minimum absolute atomic E-state index is 0.181. The van der Waals surface area contributed by atoms with Crippen molar-refractivity contribution in [1.82, 2.24) is 4.72 Å². The Labute approximate surface area is 120 Å². The topological polar surface area (TPSA) is 46.2 Å².